The molecule has 0 aromatic rings. The third kappa shape index (κ3) is 3.21. The van der Waals surface area contributed by atoms with Gasteiger partial charge in [0.05, 0.1) is 6.67 Å². The smallest absolute Gasteiger partial charge is 0.228 e. The number of hydrogen-bond donors (Lipinski definition) is 0. The van der Waals surface area contributed by atoms with Crippen molar-refractivity contribution in [2.24, 2.45) is 5.41 Å². The Bertz CT molecular complexity index is 260. The molecule has 1 saturated heterocycles. The van der Waals surface area contributed by atoms with Gasteiger partial charge in [-0.15, -0.1) is 0 Å². The Hall–Kier alpha value is -0.570. The lowest BCUT2D eigenvalue weighted by Gasteiger charge is -2.44. The van der Waals surface area contributed by atoms with E-state index in [1.807, 2.05) is 25.7 Å². The number of hydrogen-bond acceptors (Lipinski definition) is 2. The molecule has 3 nitrogen and oxygen atoms in total. The van der Waals surface area contributed by atoms with Gasteiger partial charge in [-0.05, 0) is 27.2 Å². The van der Waals surface area contributed by atoms with Crippen LogP contribution < -0.4 is 0 Å². The molecule has 0 unspecified atom stereocenters. The van der Waals surface area contributed by atoms with Gasteiger partial charge >= 0.3 is 0 Å². The van der Waals surface area contributed by atoms with Crippen LogP contribution in [0.2, 0.25) is 0 Å². The number of rotatable bonds is 0. The van der Waals surface area contributed by atoms with Gasteiger partial charge in [0.15, 0.2) is 0 Å². The molecule has 0 bridgehead atoms. The number of nitrogens with zero attached hydrogens (tertiary/aromatic N) is 2. The van der Waals surface area contributed by atoms with Gasteiger partial charge in [-0.2, -0.15) is 0 Å². The van der Waals surface area contributed by atoms with E-state index in [2.05, 4.69) is 25.7 Å². The summed E-state index contributed by atoms with van der Waals surface area (Å²) in [5.41, 5.74) is -0.113. The molecule has 0 aromatic heterocycles. The Morgan fingerprint density at radius 3 is 2.00 bits per heavy atom. The Balaban J connectivity index is 2.68. The summed E-state index contributed by atoms with van der Waals surface area (Å²) >= 11 is 0. The van der Waals surface area contributed by atoms with Crippen LogP contribution in [0.15, 0.2) is 0 Å². The van der Waals surface area contributed by atoms with Crippen LogP contribution in [0.5, 0.6) is 0 Å². The second kappa shape index (κ2) is 4.36. The average molecular weight is 226 g/mol. The van der Waals surface area contributed by atoms with Crippen LogP contribution in [-0.2, 0) is 4.79 Å². The first-order valence-electron chi connectivity index (χ1n) is 6.17. The first-order valence-corrected chi connectivity index (χ1v) is 6.17. The van der Waals surface area contributed by atoms with Crippen LogP contribution >= 0.6 is 0 Å². The Labute approximate surface area is 99.8 Å². The van der Waals surface area contributed by atoms with Crippen molar-refractivity contribution in [3.05, 3.63) is 0 Å². The monoisotopic (exact) mass is 226 g/mol. The molecule has 3 heteroatoms. The molecule has 0 aromatic carbocycles. The van der Waals surface area contributed by atoms with Crippen molar-refractivity contribution >= 4 is 5.91 Å². The van der Waals surface area contributed by atoms with Crippen molar-refractivity contribution in [3.63, 3.8) is 0 Å². The van der Waals surface area contributed by atoms with Crippen LogP contribution in [0.25, 0.3) is 0 Å². The molecule has 1 rings (SSSR count). The van der Waals surface area contributed by atoms with E-state index in [-0.39, 0.29) is 16.9 Å². The van der Waals surface area contributed by atoms with Crippen LogP contribution in [0.3, 0.4) is 0 Å². The van der Waals surface area contributed by atoms with Gasteiger partial charge in [-0.1, -0.05) is 20.8 Å². The molecule has 1 aliphatic heterocycles. The molecule has 0 atom stereocenters. The number of amides is 1. The Morgan fingerprint density at radius 2 is 1.56 bits per heavy atom. The van der Waals surface area contributed by atoms with E-state index in [0.29, 0.717) is 0 Å². The van der Waals surface area contributed by atoms with Crippen molar-refractivity contribution in [2.75, 3.05) is 19.8 Å². The summed E-state index contributed by atoms with van der Waals surface area (Å²) in [7, 11) is 0. The maximum Gasteiger partial charge on any atom is 0.228 e. The van der Waals surface area contributed by atoms with Crippen molar-refractivity contribution in [3.8, 4) is 0 Å². The Kier molecular flexibility index (Phi) is 3.68. The zero-order valence-corrected chi connectivity index (χ0v) is 11.6. The van der Waals surface area contributed by atoms with Gasteiger partial charge < -0.3 is 4.90 Å². The highest BCUT2D eigenvalue weighted by molar-refractivity contribution is 5.81. The molecule has 1 amide bonds. The second-order valence-electron chi connectivity index (χ2n) is 6.75. The van der Waals surface area contributed by atoms with Gasteiger partial charge in [0.1, 0.15) is 0 Å². The summed E-state index contributed by atoms with van der Waals surface area (Å²) in [6, 6.07) is 0. The lowest BCUT2D eigenvalue weighted by molar-refractivity contribution is -0.145. The van der Waals surface area contributed by atoms with Crippen molar-refractivity contribution in [2.45, 2.75) is 53.5 Å². The zero-order valence-electron chi connectivity index (χ0n) is 11.6. The average Bonchev–Trinajstić information content (AvgIpc) is 2.14. The predicted molar refractivity (Wildman–Crippen MR) is 67.1 cm³/mol. The molecule has 1 aliphatic rings. The molecular formula is C13H26N2O. The molecule has 0 spiro atoms. The van der Waals surface area contributed by atoms with E-state index in [4.69, 9.17) is 0 Å². The fraction of sp³-hybridized carbons (Fsp3) is 0.923. The standard InChI is InChI=1S/C13H26N2O/c1-12(2,3)11(16)14-8-7-9-15(10-14)13(4,5)6/h7-10H2,1-6H3. The largest absolute Gasteiger partial charge is 0.329 e. The van der Waals surface area contributed by atoms with Crippen LogP contribution in [0, 0.1) is 5.41 Å². The summed E-state index contributed by atoms with van der Waals surface area (Å²) < 4.78 is 0. The maximum atomic E-state index is 12.2. The zero-order chi connectivity index (χ0) is 12.6. The third-order valence-electron chi connectivity index (χ3n) is 3.07. The minimum atomic E-state index is -0.263. The van der Waals surface area contributed by atoms with E-state index in [9.17, 15) is 4.79 Å². The van der Waals surface area contributed by atoms with E-state index in [1.165, 1.54) is 0 Å². The quantitative estimate of drug-likeness (QED) is 0.633. The number of carbonyl (C=O) groups is 1. The van der Waals surface area contributed by atoms with Crippen LogP contribution in [0.4, 0.5) is 0 Å². The molecule has 0 aliphatic carbocycles. The van der Waals surface area contributed by atoms with Crippen molar-refractivity contribution in [1.82, 2.24) is 9.80 Å². The SMILES string of the molecule is CC(C)(C)C(=O)N1CCCN(C(C)(C)C)C1. The summed E-state index contributed by atoms with van der Waals surface area (Å²) in [5, 5.41) is 0. The van der Waals surface area contributed by atoms with Gasteiger partial charge in [0, 0.05) is 24.0 Å². The lowest BCUT2D eigenvalue weighted by atomic mass is 9.94. The molecule has 1 fully saturated rings. The van der Waals surface area contributed by atoms with E-state index in [0.717, 1.165) is 26.2 Å². The van der Waals surface area contributed by atoms with Gasteiger partial charge in [0.2, 0.25) is 5.91 Å². The first kappa shape index (κ1) is 13.5. The fourth-order valence-corrected chi connectivity index (χ4v) is 1.99. The van der Waals surface area contributed by atoms with E-state index < -0.39 is 0 Å². The Morgan fingerprint density at radius 1 is 1.00 bits per heavy atom. The predicted octanol–water partition coefficient (Wildman–Crippen LogP) is 2.32. The second-order valence-corrected chi connectivity index (χ2v) is 6.75. The summed E-state index contributed by atoms with van der Waals surface area (Å²) in [6.07, 6.45) is 1.08. The van der Waals surface area contributed by atoms with E-state index in [1.54, 1.807) is 0 Å². The van der Waals surface area contributed by atoms with Crippen LogP contribution in [0.1, 0.15) is 48.0 Å². The van der Waals surface area contributed by atoms with Gasteiger partial charge in [-0.3, -0.25) is 9.69 Å². The topological polar surface area (TPSA) is 23.6 Å². The first-order chi connectivity index (χ1) is 7.12. The minimum absolute atomic E-state index is 0.150. The molecular weight excluding hydrogens is 200 g/mol. The molecule has 0 saturated carbocycles. The highest BCUT2D eigenvalue weighted by atomic mass is 16.2. The molecule has 0 radical (unpaired) electrons. The number of carbonyl (C=O) groups excluding carboxylic acids is 1. The molecule has 16 heavy (non-hydrogen) atoms. The van der Waals surface area contributed by atoms with Crippen LogP contribution in [-0.4, -0.2) is 41.0 Å². The molecule has 1 heterocycles. The van der Waals surface area contributed by atoms with E-state index >= 15 is 0 Å². The lowest BCUT2D eigenvalue weighted by Crippen LogP contribution is -2.56. The normalized spacial score (nSPS) is 20.0. The fourth-order valence-electron chi connectivity index (χ4n) is 1.99. The highest BCUT2D eigenvalue weighted by Gasteiger charge is 2.33. The summed E-state index contributed by atoms with van der Waals surface area (Å²) in [6.45, 7) is 15.4. The molecule has 0 N–H and O–H groups in total. The van der Waals surface area contributed by atoms with Gasteiger partial charge in [0.25, 0.3) is 0 Å². The maximum absolute atomic E-state index is 12.2. The summed E-state index contributed by atoms with van der Waals surface area (Å²) in [4.78, 5) is 16.6. The van der Waals surface area contributed by atoms with Crippen molar-refractivity contribution < 1.29 is 4.79 Å². The highest BCUT2D eigenvalue weighted by Crippen LogP contribution is 2.23. The summed E-state index contributed by atoms with van der Waals surface area (Å²) in [5.74, 6) is 0.265. The third-order valence-corrected chi connectivity index (χ3v) is 3.07. The minimum Gasteiger partial charge on any atom is -0.329 e. The van der Waals surface area contributed by atoms with Crippen molar-refractivity contribution in [1.29, 1.82) is 0 Å². The molecule has 94 valence electrons. The van der Waals surface area contributed by atoms with Gasteiger partial charge in [-0.25, -0.2) is 0 Å².